The van der Waals surface area contributed by atoms with Crippen LogP contribution in [0.1, 0.15) is 15.9 Å². The van der Waals surface area contributed by atoms with Gasteiger partial charge < -0.3 is 20.1 Å². The number of hydrogen-bond acceptors (Lipinski definition) is 4. The van der Waals surface area contributed by atoms with Gasteiger partial charge in [-0.05, 0) is 44.8 Å². The van der Waals surface area contributed by atoms with Gasteiger partial charge in [0.1, 0.15) is 0 Å². The van der Waals surface area contributed by atoms with Crippen molar-refractivity contribution in [3.05, 3.63) is 29.3 Å². The molecule has 0 fully saturated rings. The highest BCUT2D eigenvalue weighted by atomic mass is 16.5. The predicted octanol–water partition coefficient (Wildman–Crippen LogP) is 1.68. The molecule has 0 aliphatic carbocycles. The van der Waals surface area contributed by atoms with Crippen LogP contribution in [0.5, 0.6) is 0 Å². The Morgan fingerprint density at radius 1 is 1.37 bits per heavy atom. The lowest BCUT2D eigenvalue weighted by atomic mass is 10.1. The molecule has 0 atom stereocenters. The zero-order valence-corrected chi connectivity index (χ0v) is 11.8. The van der Waals surface area contributed by atoms with Crippen molar-refractivity contribution in [1.29, 1.82) is 0 Å². The Balaban J connectivity index is 2.32. The first-order valence-corrected chi connectivity index (χ1v) is 6.31. The van der Waals surface area contributed by atoms with Gasteiger partial charge >= 0.3 is 5.97 Å². The quantitative estimate of drug-likeness (QED) is 0.701. The highest BCUT2D eigenvalue weighted by Crippen LogP contribution is 2.16. The van der Waals surface area contributed by atoms with E-state index in [-0.39, 0.29) is 0 Å². The number of aryl methyl sites for hydroxylation is 1. The molecule has 0 heterocycles. The number of ether oxygens (including phenoxy) is 1. The Hall–Kier alpha value is -1.59. The van der Waals surface area contributed by atoms with Crippen LogP contribution in [0.15, 0.2) is 18.2 Å². The Morgan fingerprint density at radius 3 is 2.68 bits per heavy atom. The molecule has 0 aliphatic rings. The highest BCUT2D eigenvalue weighted by molar-refractivity contribution is 5.88. The molecule has 0 aromatic heterocycles. The van der Waals surface area contributed by atoms with E-state index in [4.69, 9.17) is 9.84 Å². The lowest BCUT2D eigenvalue weighted by Crippen LogP contribution is -2.20. The molecule has 0 amide bonds. The average Bonchev–Trinajstić information content (AvgIpc) is 2.34. The summed E-state index contributed by atoms with van der Waals surface area (Å²) in [6.45, 7) is 4.86. The number of likely N-dealkylation sites (N-methyl/N-ethyl adjacent to an activating group) is 1. The smallest absolute Gasteiger partial charge is 0.335 e. The molecule has 106 valence electrons. The molecule has 1 aromatic rings. The first kappa shape index (κ1) is 15.5. The molecule has 0 spiro atoms. The molecular formula is C14H22N2O3. The fraction of sp³-hybridized carbons (Fsp3) is 0.500. The SMILES string of the molecule is Cc1cc(C(=O)O)ccc1NCCOCCN(C)C. The van der Waals surface area contributed by atoms with E-state index in [2.05, 4.69) is 10.2 Å². The van der Waals surface area contributed by atoms with E-state index < -0.39 is 5.97 Å². The minimum Gasteiger partial charge on any atom is -0.478 e. The number of nitrogens with zero attached hydrogens (tertiary/aromatic N) is 1. The first-order chi connectivity index (χ1) is 9.00. The largest absolute Gasteiger partial charge is 0.478 e. The number of rotatable bonds is 8. The van der Waals surface area contributed by atoms with Crippen LogP contribution < -0.4 is 5.32 Å². The second kappa shape index (κ2) is 7.76. The third-order valence-corrected chi connectivity index (χ3v) is 2.72. The molecule has 0 bridgehead atoms. The second-order valence-electron chi connectivity index (χ2n) is 4.68. The molecule has 1 rings (SSSR count). The number of benzene rings is 1. The van der Waals surface area contributed by atoms with Gasteiger partial charge in [0.25, 0.3) is 0 Å². The van der Waals surface area contributed by atoms with Gasteiger partial charge in [-0.15, -0.1) is 0 Å². The molecule has 5 heteroatoms. The molecule has 0 radical (unpaired) electrons. The minimum atomic E-state index is -0.901. The summed E-state index contributed by atoms with van der Waals surface area (Å²) in [6, 6.07) is 5.06. The van der Waals surface area contributed by atoms with Gasteiger partial charge in [0.2, 0.25) is 0 Å². The van der Waals surface area contributed by atoms with Gasteiger partial charge in [0, 0.05) is 18.8 Å². The van der Waals surface area contributed by atoms with Gasteiger partial charge in [-0.2, -0.15) is 0 Å². The summed E-state index contributed by atoms with van der Waals surface area (Å²) in [5.74, 6) is -0.901. The summed E-state index contributed by atoms with van der Waals surface area (Å²) in [4.78, 5) is 12.9. The van der Waals surface area contributed by atoms with Crippen molar-refractivity contribution in [1.82, 2.24) is 4.90 Å². The molecule has 2 N–H and O–H groups in total. The van der Waals surface area contributed by atoms with Crippen LogP contribution in [0.3, 0.4) is 0 Å². The van der Waals surface area contributed by atoms with Crippen LogP contribution in [0.25, 0.3) is 0 Å². The molecule has 0 saturated carbocycles. The van der Waals surface area contributed by atoms with Crippen LogP contribution >= 0.6 is 0 Å². The third kappa shape index (κ3) is 5.72. The lowest BCUT2D eigenvalue weighted by molar-refractivity contribution is 0.0697. The van der Waals surface area contributed by atoms with Crippen LogP contribution in [-0.2, 0) is 4.74 Å². The van der Waals surface area contributed by atoms with Crippen LogP contribution in [0.4, 0.5) is 5.69 Å². The second-order valence-corrected chi connectivity index (χ2v) is 4.68. The monoisotopic (exact) mass is 266 g/mol. The normalized spacial score (nSPS) is 10.7. The van der Waals surface area contributed by atoms with Crippen molar-refractivity contribution in [3.63, 3.8) is 0 Å². The average molecular weight is 266 g/mol. The van der Waals surface area contributed by atoms with Crippen molar-refractivity contribution in [2.24, 2.45) is 0 Å². The van der Waals surface area contributed by atoms with Crippen LogP contribution in [0, 0.1) is 6.92 Å². The summed E-state index contributed by atoms with van der Waals surface area (Å²) in [5, 5.41) is 12.1. The van der Waals surface area contributed by atoms with Crippen molar-refractivity contribution in [2.75, 3.05) is 45.7 Å². The number of hydrogen-bond donors (Lipinski definition) is 2. The summed E-state index contributed by atoms with van der Waals surface area (Å²) < 4.78 is 5.47. The van der Waals surface area contributed by atoms with E-state index in [0.29, 0.717) is 25.3 Å². The van der Waals surface area contributed by atoms with E-state index in [1.165, 1.54) is 0 Å². The Labute approximate surface area is 114 Å². The molecule has 0 saturated heterocycles. The summed E-state index contributed by atoms with van der Waals surface area (Å²) in [6.07, 6.45) is 0. The van der Waals surface area contributed by atoms with Crippen LogP contribution in [0.2, 0.25) is 0 Å². The fourth-order valence-electron chi connectivity index (χ4n) is 1.60. The Bertz CT molecular complexity index is 419. The van der Waals surface area contributed by atoms with Gasteiger partial charge in [0.15, 0.2) is 0 Å². The minimum absolute atomic E-state index is 0.310. The molecule has 5 nitrogen and oxygen atoms in total. The zero-order valence-electron chi connectivity index (χ0n) is 11.8. The van der Waals surface area contributed by atoms with Gasteiger partial charge in [-0.1, -0.05) is 0 Å². The number of carboxylic acid groups (broad SMARTS) is 1. The molecule has 19 heavy (non-hydrogen) atoms. The van der Waals surface area contributed by atoms with E-state index in [1.54, 1.807) is 18.2 Å². The van der Waals surface area contributed by atoms with Crippen molar-refractivity contribution in [2.45, 2.75) is 6.92 Å². The number of aromatic carboxylic acids is 1. The zero-order chi connectivity index (χ0) is 14.3. The van der Waals surface area contributed by atoms with Gasteiger partial charge in [0.05, 0.1) is 18.8 Å². The summed E-state index contributed by atoms with van der Waals surface area (Å²) in [5.41, 5.74) is 2.18. The van der Waals surface area contributed by atoms with E-state index in [9.17, 15) is 4.79 Å². The topological polar surface area (TPSA) is 61.8 Å². The highest BCUT2D eigenvalue weighted by Gasteiger charge is 2.05. The fourth-order valence-corrected chi connectivity index (χ4v) is 1.60. The van der Waals surface area contributed by atoms with Gasteiger partial charge in [-0.25, -0.2) is 4.79 Å². The van der Waals surface area contributed by atoms with E-state index in [1.807, 2.05) is 21.0 Å². The third-order valence-electron chi connectivity index (χ3n) is 2.72. The number of nitrogens with one attached hydrogen (secondary N) is 1. The number of carbonyl (C=O) groups is 1. The molecule has 1 aromatic carbocycles. The molecule has 0 unspecified atom stereocenters. The van der Waals surface area contributed by atoms with Crippen molar-refractivity contribution < 1.29 is 14.6 Å². The maximum absolute atomic E-state index is 10.8. The van der Waals surface area contributed by atoms with E-state index >= 15 is 0 Å². The maximum Gasteiger partial charge on any atom is 0.335 e. The van der Waals surface area contributed by atoms with Crippen molar-refractivity contribution in [3.8, 4) is 0 Å². The van der Waals surface area contributed by atoms with Gasteiger partial charge in [-0.3, -0.25) is 0 Å². The summed E-state index contributed by atoms with van der Waals surface area (Å²) >= 11 is 0. The summed E-state index contributed by atoms with van der Waals surface area (Å²) in [7, 11) is 4.02. The molecular weight excluding hydrogens is 244 g/mol. The van der Waals surface area contributed by atoms with Crippen LogP contribution in [-0.4, -0.2) is 56.4 Å². The molecule has 0 aliphatic heterocycles. The lowest BCUT2D eigenvalue weighted by Gasteiger charge is -2.12. The standard InChI is InChI=1S/C14H22N2O3/c1-11-10-12(14(17)18)4-5-13(11)15-6-8-19-9-7-16(2)3/h4-5,10,15H,6-9H2,1-3H3,(H,17,18). The first-order valence-electron chi connectivity index (χ1n) is 6.31. The number of anilines is 1. The van der Waals surface area contributed by atoms with Crippen molar-refractivity contribution >= 4 is 11.7 Å². The van der Waals surface area contributed by atoms with E-state index in [0.717, 1.165) is 17.8 Å². The Morgan fingerprint density at radius 2 is 2.11 bits per heavy atom. The number of carboxylic acids is 1. The Kier molecular flexibility index (Phi) is 6.32. The maximum atomic E-state index is 10.8. The predicted molar refractivity (Wildman–Crippen MR) is 76.0 cm³/mol.